The van der Waals surface area contributed by atoms with Gasteiger partial charge in [-0.3, -0.25) is 0 Å². The van der Waals surface area contributed by atoms with Crippen LogP contribution in [0.2, 0.25) is 0 Å². The average molecular weight is 159 g/mol. The molecule has 0 aliphatic rings. The first-order valence-corrected chi connectivity index (χ1v) is 4.27. The molecule has 0 radical (unpaired) electrons. The number of aromatic amines is 1. The van der Waals surface area contributed by atoms with Gasteiger partial charge in [0.15, 0.2) is 5.75 Å². The number of H-pyrrole nitrogens is 1. The lowest BCUT2D eigenvalue weighted by Gasteiger charge is -2.00. The average Bonchev–Trinajstić information content (AvgIpc) is 2.33. The zero-order valence-electron chi connectivity index (χ0n) is 5.47. The van der Waals surface area contributed by atoms with Crippen LogP contribution in [0.15, 0.2) is 12.3 Å². The molecule has 9 heavy (non-hydrogen) atoms. The SMILES string of the molecule is [SiH3]Oc1cc[nH]c1O[SiH3]. The Kier molecular flexibility index (Phi) is 1.96. The van der Waals surface area contributed by atoms with E-state index in [1.807, 2.05) is 6.07 Å². The van der Waals surface area contributed by atoms with Gasteiger partial charge in [0.05, 0.1) is 0 Å². The Morgan fingerprint density at radius 3 is 2.56 bits per heavy atom. The van der Waals surface area contributed by atoms with Crippen molar-refractivity contribution < 1.29 is 8.85 Å². The first-order chi connectivity index (χ1) is 4.38. The van der Waals surface area contributed by atoms with Gasteiger partial charge in [0, 0.05) is 12.3 Å². The van der Waals surface area contributed by atoms with E-state index in [-0.39, 0.29) is 0 Å². The van der Waals surface area contributed by atoms with Gasteiger partial charge in [-0.1, -0.05) is 0 Å². The second kappa shape index (κ2) is 2.74. The van der Waals surface area contributed by atoms with E-state index >= 15 is 0 Å². The van der Waals surface area contributed by atoms with Crippen molar-refractivity contribution in [1.29, 1.82) is 0 Å². The third-order valence-corrected chi connectivity index (χ3v) is 1.95. The summed E-state index contributed by atoms with van der Waals surface area (Å²) in [5, 5.41) is 0. The fourth-order valence-corrected chi connectivity index (χ4v) is 1.30. The van der Waals surface area contributed by atoms with Crippen molar-refractivity contribution in [3.8, 4) is 11.6 Å². The third-order valence-electron chi connectivity index (χ3n) is 1.10. The molecular formula is C4H9NO2Si2. The van der Waals surface area contributed by atoms with E-state index in [1.54, 1.807) is 6.20 Å². The summed E-state index contributed by atoms with van der Waals surface area (Å²) < 4.78 is 10.1. The van der Waals surface area contributed by atoms with Gasteiger partial charge >= 0.3 is 0 Å². The first kappa shape index (κ1) is 6.43. The Bertz CT molecular complexity index is 170. The number of rotatable bonds is 2. The molecule has 1 heterocycles. The van der Waals surface area contributed by atoms with E-state index in [0.29, 0.717) is 21.0 Å². The highest BCUT2D eigenvalue weighted by Crippen LogP contribution is 2.22. The van der Waals surface area contributed by atoms with Gasteiger partial charge < -0.3 is 13.8 Å². The molecule has 5 heteroatoms. The highest BCUT2D eigenvalue weighted by Gasteiger charge is 1.98. The molecule has 50 valence electrons. The summed E-state index contributed by atoms with van der Waals surface area (Å²) >= 11 is 0. The topological polar surface area (TPSA) is 34.2 Å². The predicted molar refractivity (Wildman–Crippen MR) is 41.9 cm³/mol. The van der Waals surface area contributed by atoms with Crippen LogP contribution in [-0.4, -0.2) is 26.0 Å². The van der Waals surface area contributed by atoms with Gasteiger partial charge in [-0.15, -0.1) is 0 Å². The summed E-state index contributed by atoms with van der Waals surface area (Å²) in [6.45, 7) is 0. The summed E-state index contributed by atoms with van der Waals surface area (Å²) in [6, 6.07) is 1.86. The Hall–Kier alpha value is -0.686. The van der Waals surface area contributed by atoms with Crippen LogP contribution in [0.25, 0.3) is 0 Å². The van der Waals surface area contributed by atoms with Crippen LogP contribution in [-0.2, 0) is 0 Å². The normalized spacial score (nSPS) is 9.78. The zero-order chi connectivity index (χ0) is 6.69. The van der Waals surface area contributed by atoms with Crippen molar-refractivity contribution in [3.05, 3.63) is 12.3 Å². The lowest BCUT2D eigenvalue weighted by atomic mass is 10.6. The highest BCUT2D eigenvalue weighted by molar-refractivity contribution is 6.01. The maximum Gasteiger partial charge on any atom is 0.218 e. The van der Waals surface area contributed by atoms with Gasteiger partial charge in [-0.2, -0.15) is 0 Å². The molecule has 0 amide bonds. The number of aromatic nitrogens is 1. The van der Waals surface area contributed by atoms with E-state index in [1.165, 1.54) is 0 Å². The van der Waals surface area contributed by atoms with Gasteiger partial charge in [0.25, 0.3) is 0 Å². The molecule has 0 atom stereocenters. The minimum absolute atomic E-state index is 0.699. The largest absolute Gasteiger partial charge is 0.550 e. The maximum atomic E-state index is 5.08. The van der Waals surface area contributed by atoms with Crippen molar-refractivity contribution in [1.82, 2.24) is 4.98 Å². The monoisotopic (exact) mass is 159 g/mol. The number of hydrogen-bond donors (Lipinski definition) is 1. The summed E-state index contributed by atoms with van der Waals surface area (Å²) in [7, 11) is 1.41. The van der Waals surface area contributed by atoms with Gasteiger partial charge in [-0.05, 0) is 0 Å². The Morgan fingerprint density at radius 1 is 1.33 bits per heavy atom. The lowest BCUT2D eigenvalue weighted by Crippen LogP contribution is -1.89. The van der Waals surface area contributed by atoms with E-state index in [0.717, 1.165) is 11.6 Å². The van der Waals surface area contributed by atoms with E-state index in [4.69, 9.17) is 8.85 Å². The molecule has 0 spiro atoms. The van der Waals surface area contributed by atoms with Gasteiger partial charge in [0.1, 0.15) is 0 Å². The van der Waals surface area contributed by atoms with Gasteiger partial charge in [0.2, 0.25) is 26.9 Å². The Labute approximate surface area is 59.5 Å². The van der Waals surface area contributed by atoms with Crippen molar-refractivity contribution in [3.63, 3.8) is 0 Å². The van der Waals surface area contributed by atoms with Crippen molar-refractivity contribution in [2.45, 2.75) is 0 Å². The van der Waals surface area contributed by atoms with Crippen LogP contribution in [0, 0.1) is 0 Å². The first-order valence-electron chi connectivity index (χ1n) is 2.64. The van der Waals surface area contributed by atoms with Crippen LogP contribution >= 0.6 is 0 Å². The Morgan fingerprint density at radius 2 is 2.11 bits per heavy atom. The molecule has 0 fully saturated rings. The third kappa shape index (κ3) is 1.17. The molecule has 1 rings (SSSR count). The quantitative estimate of drug-likeness (QED) is 0.524. The fourth-order valence-electron chi connectivity index (χ4n) is 0.660. The molecule has 0 bridgehead atoms. The number of hydrogen-bond acceptors (Lipinski definition) is 2. The summed E-state index contributed by atoms with van der Waals surface area (Å²) in [4.78, 5) is 2.92. The fraction of sp³-hybridized carbons (Fsp3) is 0. The summed E-state index contributed by atoms with van der Waals surface area (Å²) in [6.07, 6.45) is 1.81. The molecule has 0 saturated heterocycles. The number of nitrogens with one attached hydrogen (secondary N) is 1. The predicted octanol–water partition coefficient (Wildman–Crippen LogP) is -1.67. The molecule has 1 aromatic rings. The van der Waals surface area contributed by atoms with E-state index in [2.05, 4.69) is 4.98 Å². The molecule has 0 aliphatic heterocycles. The lowest BCUT2D eigenvalue weighted by molar-refractivity contribution is 0.531. The van der Waals surface area contributed by atoms with Crippen LogP contribution in [0.3, 0.4) is 0 Å². The van der Waals surface area contributed by atoms with Crippen LogP contribution in [0.1, 0.15) is 0 Å². The molecule has 1 N–H and O–H groups in total. The standard InChI is InChI=1S/C4H9NO2Si2/c8-6-3-1-2-5-4(3)7-9/h1-2,5H,8-9H3. The second-order valence-electron chi connectivity index (χ2n) is 1.58. The zero-order valence-corrected chi connectivity index (χ0v) is 9.47. The summed E-state index contributed by atoms with van der Waals surface area (Å²) in [5.74, 6) is 1.59. The highest BCUT2D eigenvalue weighted by atomic mass is 28.2. The molecule has 3 nitrogen and oxygen atoms in total. The van der Waals surface area contributed by atoms with Crippen molar-refractivity contribution >= 4 is 21.0 Å². The van der Waals surface area contributed by atoms with Gasteiger partial charge in [-0.25, -0.2) is 0 Å². The van der Waals surface area contributed by atoms with Crippen molar-refractivity contribution in [2.24, 2.45) is 0 Å². The molecule has 0 aromatic carbocycles. The van der Waals surface area contributed by atoms with Crippen LogP contribution < -0.4 is 8.85 Å². The minimum atomic E-state index is 0.699. The second-order valence-corrected chi connectivity index (χ2v) is 2.40. The van der Waals surface area contributed by atoms with E-state index in [9.17, 15) is 0 Å². The summed E-state index contributed by atoms with van der Waals surface area (Å²) in [5.41, 5.74) is 0. The smallest absolute Gasteiger partial charge is 0.218 e. The van der Waals surface area contributed by atoms with Crippen LogP contribution in [0.5, 0.6) is 11.6 Å². The molecule has 1 aromatic heterocycles. The van der Waals surface area contributed by atoms with Crippen LogP contribution in [0.4, 0.5) is 0 Å². The molecule has 0 saturated carbocycles. The van der Waals surface area contributed by atoms with Crippen molar-refractivity contribution in [2.75, 3.05) is 0 Å². The molecular weight excluding hydrogens is 150 g/mol. The maximum absolute atomic E-state index is 5.08. The Balaban J connectivity index is 2.85. The minimum Gasteiger partial charge on any atom is -0.550 e. The molecule has 0 unspecified atom stereocenters. The molecule has 0 aliphatic carbocycles. The van der Waals surface area contributed by atoms with E-state index < -0.39 is 0 Å².